The van der Waals surface area contributed by atoms with Gasteiger partial charge in [0.05, 0.1) is 6.61 Å². The molecule has 0 saturated carbocycles. The molecule has 1 atom stereocenters. The zero-order chi connectivity index (χ0) is 35.4. The van der Waals surface area contributed by atoms with E-state index in [1.165, 1.54) is 25.7 Å². The number of rotatable bonds is 32. The molecular weight excluding hydrogens is 627 g/mol. The van der Waals surface area contributed by atoms with Crippen molar-refractivity contribution in [2.24, 2.45) is 0 Å². The van der Waals surface area contributed by atoms with Crippen LogP contribution in [0.2, 0.25) is 0 Å². The first-order valence-electron chi connectivity index (χ1n) is 18.2. The van der Waals surface area contributed by atoms with E-state index >= 15 is 0 Å². The van der Waals surface area contributed by atoms with Gasteiger partial charge < -0.3 is 19.3 Å². The van der Waals surface area contributed by atoms with E-state index < -0.39 is 32.5 Å². The van der Waals surface area contributed by atoms with Crippen molar-refractivity contribution in [1.29, 1.82) is 0 Å². The first kappa shape index (κ1) is 45.5. The summed E-state index contributed by atoms with van der Waals surface area (Å²) in [5, 5.41) is 0. The van der Waals surface area contributed by atoms with Gasteiger partial charge in [-0.3, -0.25) is 14.1 Å². The molecule has 0 amide bonds. The number of phosphoric acid groups is 1. The summed E-state index contributed by atoms with van der Waals surface area (Å²) in [5.41, 5.74) is 0. The molecule has 0 heterocycles. The summed E-state index contributed by atoms with van der Waals surface area (Å²) < 4.78 is 26.2. The third-order valence-corrected chi connectivity index (χ3v) is 7.69. The van der Waals surface area contributed by atoms with Gasteiger partial charge in [-0.05, 0) is 83.5 Å². The van der Waals surface area contributed by atoms with Gasteiger partial charge in [0.15, 0.2) is 6.10 Å². The van der Waals surface area contributed by atoms with Gasteiger partial charge in [-0.15, -0.1) is 0 Å². The van der Waals surface area contributed by atoms with Gasteiger partial charge in [0.25, 0.3) is 0 Å². The fraction of sp³-hybridized carbons (Fsp3) is 0.641. The summed E-state index contributed by atoms with van der Waals surface area (Å²) in [6.45, 7) is 3.47. The lowest BCUT2D eigenvalue weighted by Crippen LogP contribution is -2.29. The Hall–Kier alpha value is -2.51. The normalized spacial score (nSPS) is 13.3. The number of phosphoric ester groups is 1. The SMILES string of the molecule is CC/C=C/C/C=C/C/C=C/C/C=C/CCCCC(=O)O[C@H](COC(=O)CCCCCCC/C=C/C/C=C/CCCCC)COP(=O)(O)O. The van der Waals surface area contributed by atoms with Crippen LogP contribution in [-0.4, -0.2) is 41.0 Å². The zero-order valence-corrected chi connectivity index (χ0v) is 30.7. The van der Waals surface area contributed by atoms with Gasteiger partial charge >= 0.3 is 19.8 Å². The molecule has 0 aliphatic carbocycles. The van der Waals surface area contributed by atoms with Gasteiger partial charge in [-0.25, -0.2) is 4.57 Å². The van der Waals surface area contributed by atoms with Crippen molar-refractivity contribution in [2.45, 2.75) is 148 Å². The molecule has 0 spiro atoms. The fourth-order valence-corrected chi connectivity index (χ4v) is 4.87. The standard InChI is InChI=1S/C39H65O8P/c1-3-5-7-9-11-13-15-17-19-21-23-25-27-29-31-33-38(40)45-35-37(36-46-48(42,43)44)47-39(41)34-32-30-28-26-24-22-20-18-16-14-12-10-8-6-4-2/h6,8,11-14,17-20,24,26,37H,3-5,7,9-10,15-16,21-23,25,27-36H2,1-2H3,(H2,42,43,44)/b8-6+,13-11+,14-12+,19-17+,20-18+,26-24+/t37-/m1/s1. The van der Waals surface area contributed by atoms with Crippen molar-refractivity contribution in [1.82, 2.24) is 0 Å². The highest BCUT2D eigenvalue weighted by atomic mass is 31.2. The molecule has 0 rings (SSSR count). The Morgan fingerprint density at radius 1 is 0.562 bits per heavy atom. The van der Waals surface area contributed by atoms with Crippen molar-refractivity contribution in [3.8, 4) is 0 Å². The summed E-state index contributed by atoms with van der Waals surface area (Å²) in [7, 11) is -4.77. The molecule has 0 aliphatic rings. The number of hydrogen-bond acceptors (Lipinski definition) is 6. The Bertz CT molecular complexity index is 1010. The van der Waals surface area contributed by atoms with Gasteiger partial charge in [0, 0.05) is 12.8 Å². The molecule has 0 aromatic carbocycles. The van der Waals surface area contributed by atoms with Gasteiger partial charge in [0.2, 0.25) is 0 Å². The third kappa shape index (κ3) is 36.3. The van der Waals surface area contributed by atoms with Crippen molar-refractivity contribution in [3.05, 3.63) is 72.9 Å². The summed E-state index contributed by atoms with van der Waals surface area (Å²) in [5.74, 6) is -0.958. The minimum atomic E-state index is -4.77. The summed E-state index contributed by atoms with van der Waals surface area (Å²) in [6, 6.07) is 0. The summed E-state index contributed by atoms with van der Waals surface area (Å²) >= 11 is 0. The molecule has 0 aliphatic heterocycles. The van der Waals surface area contributed by atoms with E-state index in [1.807, 2.05) is 0 Å². The van der Waals surface area contributed by atoms with Crippen molar-refractivity contribution >= 4 is 19.8 Å². The van der Waals surface area contributed by atoms with Crippen LogP contribution < -0.4 is 0 Å². The van der Waals surface area contributed by atoms with Crippen LogP contribution in [0.4, 0.5) is 0 Å². The van der Waals surface area contributed by atoms with E-state index in [0.717, 1.165) is 77.0 Å². The molecule has 0 saturated heterocycles. The average molecular weight is 693 g/mol. The summed E-state index contributed by atoms with van der Waals surface area (Å²) in [4.78, 5) is 42.6. The number of unbranched alkanes of at least 4 members (excludes halogenated alkanes) is 10. The highest BCUT2D eigenvalue weighted by Crippen LogP contribution is 2.35. The molecule has 0 aromatic rings. The molecule has 48 heavy (non-hydrogen) atoms. The van der Waals surface area contributed by atoms with Crippen molar-refractivity contribution < 1.29 is 37.9 Å². The maximum atomic E-state index is 12.3. The Balaban J connectivity index is 4.10. The first-order chi connectivity index (χ1) is 23.3. The topological polar surface area (TPSA) is 119 Å². The average Bonchev–Trinajstić information content (AvgIpc) is 3.05. The predicted molar refractivity (Wildman–Crippen MR) is 197 cm³/mol. The maximum Gasteiger partial charge on any atom is 0.469 e. The summed E-state index contributed by atoms with van der Waals surface area (Å²) in [6.07, 6.45) is 43.4. The molecule has 0 aromatic heterocycles. The zero-order valence-electron chi connectivity index (χ0n) is 29.9. The van der Waals surface area contributed by atoms with Crippen LogP contribution in [-0.2, 0) is 28.2 Å². The minimum absolute atomic E-state index is 0.153. The Labute approximate surface area is 291 Å². The van der Waals surface area contributed by atoms with Gasteiger partial charge in [-0.1, -0.05) is 119 Å². The molecule has 0 radical (unpaired) electrons. The molecule has 274 valence electrons. The van der Waals surface area contributed by atoms with E-state index in [-0.39, 0.29) is 19.4 Å². The van der Waals surface area contributed by atoms with Crippen LogP contribution in [0.1, 0.15) is 142 Å². The second-order valence-electron chi connectivity index (χ2n) is 11.8. The van der Waals surface area contributed by atoms with E-state index in [9.17, 15) is 14.2 Å². The second kappa shape index (κ2) is 34.4. The third-order valence-electron chi connectivity index (χ3n) is 7.21. The van der Waals surface area contributed by atoms with Crippen LogP contribution in [0.5, 0.6) is 0 Å². The van der Waals surface area contributed by atoms with Gasteiger partial charge in [0.1, 0.15) is 6.61 Å². The second-order valence-corrected chi connectivity index (χ2v) is 13.0. The van der Waals surface area contributed by atoms with Crippen LogP contribution in [0, 0.1) is 0 Å². The predicted octanol–water partition coefficient (Wildman–Crippen LogP) is 10.7. The number of esters is 2. The quantitative estimate of drug-likeness (QED) is 0.0309. The van der Waals surface area contributed by atoms with E-state index in [4.69, 9.17) is 19.3 Å². The molecular formula is C39H65O8P. The molecule has 9 heteroatoms. The van der Waals surface area contributed by atoms with Crippen LogP contribution in [0.3, 0.4) is 0 Å². The van der Waals surface area contributed by atoms with Crippen molar-refractivity contribution in [2.75, 3.05) is 13.2 Å². The smallest absolute Gasteiger partial charge is 0.462 e. The van der Waals surface area contributed by atoms with E-state index in [0.29, 0.717) is 12.8 Å². The Morgan fingerprint density at radius 2 is 1.00 bits per heavy atom. The number of hydrogen-bond donors (Lipinski definition) is 2. The van der Waals surface area contributed by atoms with Crippen LogP contribution in [0.15, 0.2) is 72.9 Å². The minimum Gasteiger partial charge on any atom is -0.462 e. The fourth-order valence-electron chi connectivity index (χ4n) is 4.51. The van der Waals surface area contributed by atoms with Crippen molar-refractivity contribution in [3.63, 3.8) is 0 Å². The Kier molecular flexibility index (Phi) is 32.6. The molecule has 0 bridgehead atoms. The molecule has 8 nitrogen and oxygen atoms in total. The van der Waals surface area contributed by atoms with Gasteiger partial charge in [-0.2, -0.15) is 0 Å². The molecule has 0 unspecified atom stereocenters. The maximum absolute atomic E-state index is 12.3. The van der Waals surface area contributed by atoms with E-state index in [1.54, 1.807) is 0 Å². The van der Waals surface area contributed by atoms with E-state index in [2.05, 4.69) is 91.3 Å². The highest BCUT2D eigenvalue weighted by molar-refractivity contribution is 7.46. The molecule has 2 N–H and O–H groups in total. The first-order valence-corrected chi connectivity index (χ1v) is 19.8. The number of carbonyl (C=O) groups excluding carboxylic acids is 2. The largest absolute Gasteiger partial charge is 0.469 e. The Morgan fingerprint density at radius 3 is 1.54 bits per heavy atom. The lowest BCUT2D eigenvalue weighted by Gasteiger charge is -2.18. The molecule has 0 fully saturated rings. The number of ether oxygens (including phenoxy) is 2. The number of allylic oxidation sites excluding steroid dienone is 12. The lowest BCUT2D eigenvalue weighted by atomic mass is 10.1. The van der Waals surface area contributed by atoms with Crippen LogP contribution in [0.25, 0.3) is 0 Å². The lowest BCUT2D eigenvalue weighted by molar-refractivity contribution is -0.161. The monoisotopic (exact) mass is 692 g/mol. The number of carbonyl (C=O) groups is 2. The van der Waals surface area contributed by atoms with Crippen LogP contribution >= 0.6 is 7.82 Å². The highest BCUT2D eigenvalue weighted by Gasteiger charge is 2.22.